The Labute approximate surface area is 179 Å². The molecule has 0 saturated heterocycles. The number of halogens is 1. The van der Waals surface area contributed by atoms with Gasteiger partial charge >= 0.3 is 0 Å². The monoisotopic (exact) mass is 447 g/mol. The number of rotatable bonds is 6. The molecule has 0 saturated carbocycles. The highest BCUT2D eigenvalue weighted by molar-refractivity contribution is 9.10. The predicted octanol–water partition coefficient (Wildman–Crippen LogP) is 4.95. The van der Waals surface area contributed by atoms with Gasteiger partial charge in [0.15, 0.2) is 5.82 Å². The van der Waals surface area contributed by atoms with Gasteiger partial charge in [0.05, 0.1) is 11.7 Å². The van der Waals surface area contributed by atoms with Crippen molar-refractivity contribution in [2.24, 2.45) is 0 Å². The Morgan fingerprint density at radius 2 is 1.72 bits per heavy atom. The summed E-state index contributed by atoms with van der Waals surface area (Å²) in [4.78, 5) is 2.28. The van der Waals surface area contributed by atoms with Crippen molar-refractivity contribution in [3.8, 4) is 5.69 Å². The number of para-hydroxylation sites is 1. The number of tetrazole rings is 1. The largest absolute Gasteiger partial charge is 0.288 e. The third-order valence-corrected chi connectivity index (χ3v) is 5.45. The van der Waals surface area contributed by atoms with Gasteiger partial charge in [-0.05, 0) is 59.3 Å². The summed E-state index contributed by atoms with van der Waals surface area (Å²) in [6.07, 6.45) is 0. The van der Waals surface area contributed by atoms with Crippen LogP contribution in [0.2, 0.25) is 0 Å². The summed E-state index contributed by atoms with van der Waals surface area (Å²) in [5.41, 5.74) is 4.49. The van der Waals surface area contributed by atoms with Crippen LogP contribution in [0.5, 0.6) is 0 Å². The Morgan fingerprint density at radius 3 is 2.48 bits per heavy atom. The van der Waals surface area contributed by atoms with E-state index in [0.717, 1.165) is 33.7 Å². The molecule has 146 valence electrons. The Hall–Kier alpha value is -2.83. The third kappa shape index (κ3) is 4.28. The van der Waals surface area contributed by atoms with Crippen LogP contribution < -0.4 is 0 Å². The van der Waals surface area contributed by atoms with E-state index in [4.69, 9.17) is 0 Å². The molecule has 6 heteroatoms. The lowest BCUT2D eigenvalue weighted by Crippen LogP contribution is -2.28. The van der Waals surface area contributed by atoms with Crippen molar-refractivity contribution in [3.63, 3.8) is 0 Å². The van der Waals surface area contributed by atoms with Gasteiger partial charge in [0, 0.05) is 11.0 Å². The van der Waals surface area contributed by atoms with E-state index in [1.165, 1.54) is 5.56 Å². The molecule has 0 unspecified atom stereocenters. The highest BCUT2D eigenvalue weighted by Crippen LogP contribution is 2.29. The number of hydrogen-bond acceptors (Lipinski definition) is 4. The molecular weight excluding hydrogens is 426 g/mol. The van der Waals surface area contributed by atoms with Gasteiger partial charge in [-0.3, -0.25) is 4.90 Å². The lowest BCUT2D eigenvalue weighted by atomic mass is 10.0. The fraction of sp³-hybridized carbons (Fsp3) is 0.174. The summed E-state index contributed by atoms with van der Waals surface area (Å²) in [5.74, 6) is 0.794. The van der Waals surface area contributed by atoms with Crippen LogP contribution in [-0.2, 0) is 6.54 Å². The molecule has 1 atom stereocenters. The number of nitrogens with zero attached hydrogens (tertiary/aromatic N) is 5. The first-order valence-electron chi connectivity index (χ1n) is 9.47. The smallest absolute Gasteiger partial charge is 0.178 e. The zero-order valence-corrected chi connectivity index (χ0v) is 18.0. The maximum Gasteiger partial charge on any atom is 0.178 e. The van der Waals surface area contributed by atoms with E-state index < -0.39 is 0 Å². The zero-order valence-electron chi connectivity index (χ0n) is 16.4. The van der Waals surface area contributed by atoms with Gasteiger partial charge in [-0.15, -0.1) is 5.10 Å². The van der Waals surface area contributed by atoms with Gasteiger partial charge in [0.2, 0.25) is 0 Å². The Morgan fingerprint density at radius 1 is 0.966 bits per heavy atom. The van der Waals surface area contributed by atoms with Crippen molar-refractivity contribution in [1.82, 2.24) is 25.1 Å². The lowest BCUT2D eigenvalue weighted by molar-refractivity contribution is 0.258. The SMILES string of the molecule is Cc1ccccc1-n1nnnc1[C@@H](c1ccccc1)N(C)Cc1cccc(Br)c1. The molecule has 0 fully saturated rings. The predicted molar refractivity (Wildman–Crippen MR) is 118 cm³/mol. The minimum Gasteiger partial charge on any atom is -0.288 e. The summed E-state index contributed by atoms with van der Waals surface area (Å²) < 4.78 is 2.93. The lowest BCUT2D eigenvalue weighted by Gasteiger charge is -2.28. The summed E-state index contributed by atoms with van der Waals surface area (Å²) in [6, 6.07) is 26.8. The van der Waals surface area contributed by atoms with Gasteiger partial charge in [0.25, 0.3) is 0 Å². The molecular formula is C23H22BrN5. The van der Waals surface area contributed by atoms with E-state index in [9.17, 15) is 0 Å². The van der Waals surface area contributed by atoms with E-state index in [1.807, 2.05) is 35.0 Å². The van der Waals surface area contributed by atoms with Crippen LogP contribution in [0.4, 0.5) is 0 Å². The molecule has 4 rings (SSSR count). The summed E-state index contributed by atoms with van der Waals surface area (Å²) in [6.45, 7) is 2.84. The standard InChI is InChI=1S/C23H22BrN5/c1-17-9-6-7-14-21(17)29-23(25-26-27-29)22(19-11-4-3-5-12-19)28(2)16-18-10-8-13-20(24)15-18/h3-15,22H,16H2,1-2H3/t22-/m1/s1. The first-order valence-corrected chi connectivity index (χ1v) is 10.3. The number of aryl methyl sites for hydroxylation is 1. The molecule has 4 aromatic rings. The molecule has 5 nitrogen and oxygen atoms in total. The number of aromatic nitrogens is 4. The molecule has 1 aromatic heterocycles. The molecule has 3 aromatic carbocycles. The molecule has 1 heterocycles. The van der Waals surface area contributed by atoms with Crippen LogP contribution in [0.15, 0.2) is 83.3 Å². The second-order valence-electron chi connectivity index (χ2n) is 7.09. The minimum absolute atomic E-state index is 0.0928. The van der Waals surface area contributed by atoms with Gasteiger partial charge in [-0.2, -0.15) is 4.68 Å². The fourth-order valence-electron chi connectivity index (χ4n) is 3.59. The molecule has 0 spiro atoms. The van der Waals surface area contributed by atoms with E-state index in [2.05, 4.69) is 98.9 Å². The molecule has 0 radical (unpaired) electrons. The quantitative estimate of drug-likeness (QED) is 0.419. The maximum absolute atomic E-state index is 4.44. The Balaban J connectivity index is 1.77. The summed E-state index contributed by atoms with van der Waals surface area (Å²) >= 11 is 3.57. The fourth-order valence-corrected chi connectivity index (χ4v) is 4.03. The average molecular weight is 448 g/mol. The Bertz CT molecular complexity index is 1090. The Kier molecular flexibility index (Phi) is 5.83. The minimum atomic E-state index is -0.0928. The number of hydrogen-bond donors (Lipinski definition) is 0. The van der Waals surface area contributed by atoms with Crippen molar-refractivity contribution in [3.05, 3.63) is 106 Å². The molecule has 29 heavy (non-hydrogen) atoms. The van der Waals surface area contributed by atoms with Gasteiger partial charge in [-0.1, -0.05) is 76.6 Å². The molecule has 0 N–H and O–H groups in total. The molecule has 0 aliphatic rings. The van der Waals surface area contributed by atoms with Gasteiger partial charge < -0.3 is 0 Å². The van der Waals surface area contributed by atoms with E-state index in [0.29, 0.717) is 0 Å². The van der Waals surface area contributed by atoms with Crippen LogP contribution in [0.3, 0.4) is 0 Å². The third-order valence-electron chi connectivity index (χ3n) is 4.96. The van der Waals surface area contributed by atoms with Crippen molar-refractivity contribution >= 4 is 15.9 Å². The zero-order chi connectivity index (χ0) is 20.2. The van der Waals surface area contributed by atoms with Gasteiger partial charge in [0.1, 0.15) is 0 Å². The van der Waals surface area contributed by atoms with Crippen LogP contribution in [0, 0.1) is 6.92 Å². The normalized spacial score (nSPS) is 12.3. The highest BCUT2D eigenvalue weighted by atomic mass is 79.9. The van der Waals surface area contributed by atoms with Crippen molar-refractivity contribution in [2.45, 2.75) is 19.5 Å². The maximum atomic E-state index is 4.44. The highest BCUT2D eigenvalue weighted by Gasteiger charge is 2.26. The molecule has 0 aliphatic heterocycles. The average Bonchev–Trinajstić information content (AvgIpc) is 3.18. The van der Waals surface area contributed by atoms with Crippen LogP contribution in [0.25, 0.3) is 5.69 Å². The van der Waals surface area contributed by atoms with Crippen LogP contribution in [-0.4, -0.2) is 32.2 Å². The first-order chi connectivity index (χ1) is 14.1. The summed E-state index contributed by atoms with van der Waals surface area (Å²) in [5, 5.41) is 12.8. The molecule has 0 aliphatic carbocycles. The van der Waals surface area contributed by atoms with Crippen molar-refractivity contribution in [2.75, 3.05) is 7.05 Å². The number of benzene rings is 3. The van der Waals surface area contributed by atoms with E-state index in [1.54, 1.807) is 0 Å². The van der Waals surface area contributed by atoms with E-state index >= 15 is 0 Å². The first kappa shape index (κ1) is 19.5. The van der Waals surface area contributed by atoms with Crippen molar-refractivity contribution < 1.29 is 0 Å². The van der Waals surface area contributed by atoms with Crippen LogP contribution in [0.1, 0.15) is 28.6 Å². The summed E-state index contributed by atoms with van der Waals surface area (Å²) in [7, 11) is 2.11. The van der Waals surface area contributed by atoms with Gasteiger partial charge in [-0.25, -0.2) is 0 Å². The van der Waals surface area contributed by atoms with Crippen LogP contribution >= 0.6 is 15.9 Å². The molecule has 0 amide bonds. The molecule has 0 bridgehead atoms. The second-order valence-corrected chi connectivity index (χ2v) is 8.01. The topological polar surface area (TPSA) is 46.8 Å². The second kappa shape index (κ2) is 8.68. The van der Waals surface area contributed by atoms with Crippen molar-refractivity contribution in [1.29, 1.82) is 0 Å². The van der Waals surface area contributed by atoms with E-state index in [-0.39, 0.29) is 6.04 Å².